The van der Waals surface area contributed by atoms with Crippen molar-refractivity contribution in [1.29, 1.82) is 0 Å². The number of carbonyl (C=O) groups excluding carboxylic acids is 1. The van der Waals surface area contributed by atoms with Gasteiger partial charge in [0.25, 0.3) is 5.91 Å². The van der Waals surface area contributed by atoms with Crippen molar-refractivity contribution in [2.75, 3.05) is 13.2 Å². The molecule has 0 saturated heterocycles. The molecular formula is C14H21BrN2O2. The van der Waals surface area contributed by atoms with Crippen LogP contribution in [0.5, 0.6) is 0 Å². The van der Waals surface area contributed by atoms with E-state index in [1.165, 1.54) is 6.42 Å². The van der Waals surface area contributed by atoms with Crippen LogP contribution in [0, 0.1) is 0 Å². The molecule has 0 radical (unpaired) electrons. The number of aliphatic hydroxyl groups excluding tert-OH is 1. The molecule has 0 aromatic carbocycles. The Morgan fingerprint density at radius 2 is 2.32 bits per heavy atom. The van der Waals surface area contributed by atoms with Crippen molar-refractivity contribution in [3.05, 3.63) is 22.4 Å². The van der Waals surface area contributed by atoms with E-state index in [4.69, 9.17) is 5.11 Å². The van der Waals surface area contributed by atoms with Gasteiger partial charge in [-0.3, -0.25) is 4.79 Å². The molecule has 0 atom stereocenters. The number of amides is 1. The Bertz CT molecular complexity index is 441. The van der Waals surface area contributed by atoms with Crippen LogP contribution in [0.4, 0.5) is 0 Å². The molecule has 2 rings (SSSR count). The molecule has 1 heterocycles. The van der Waals surface area contributed by atoms with Gasteiger partial charge in [-0.25, -0.2) is 0 Å². The quantitative estimate of drug-likeness (QED) is 0.872. The first-order chi connectivity index (χ1) is 9.17. The van der Waals surface area contributed by atoms with Crippen molar-refractivity contribution in [2.45, 2.75) is 45.2 Å². The fraction of sp³-hybridized carbons (Fsp3) is 0.643. The zero-order chi connectivity index (χ0) is 13.8. The molecule has 1 aliphatic rings. The van der Waals surface area contributed by atoms with Gasteiger partial charge >= 0.3 is 0 Å². The minimum atomic E-state index is 0.0257. The van der Waals surface area contributed by atoms with Crippen LogP contribution in [0.3, 0.4) is 0 Å². The molecule has 5 heteroatoms. The largest absolute Gasteiger partial charge is 0.395 e. The monoisotopic (exact) mass is 328 g/mol. The van der Waals surface area contributed by atoms with E-state index in [0.29, 0.717) is 18.3 Å². The number of aromatic nitrogens is 1. The highest BCUT2D eigenvalue weighted by atomic mass is 79.9. The Balaban J connectivity index is 2.20. The molecule has 19 heavy (non-hydrogen) atoms. The Morgan fingerprint density at radius 1 is 1.58 bits per heavy atom. The van der Waals surface area contributed by atoms with E-state index in [1.54, 1.807) is 0 Å². The number of carbonyl (C=O) groups is 1. The summed E-state index contributed by atoms with van der Waals surface area (Å²) in [7, 11) is 0. The number of aryl methyl sites for hydroxylation is 1. The van der Waals surface area contributed by atoms with Crippen molar-refractivity contribution < 1.29 is 9.90 Å². The molecule has 1 fully saturated rings. The van der Waals surface area contributed by atoms with Gasteiger partial charge in [-0.05, 0) is 47.7 Å². The minimum absolute atomic E-state index is 0.0257. The molecule has 1 N–H and O–H groups in total. The molecule has 4 nitrogen and oxygen atoms in total. The summed E-state index contributed by atoms with van der Waals surface area (Å²) in [4.78, 5) is 14.5. The summed E-state index contributed by atoms with van der Waals surface area (Å²) in [6.07, 6.45) is 6.24. The Morgan fingerprint density at radius 3 is 2.84 bits per heavy atom. The van der Waals surface area contributed by atoms with E-state index in [0.717, 1.165) is 30.3 Å². The van der Waals surface area contributed by atoms with Crippen LogP contribution in [-0.2, 0) is 6.54 Å². The topological polar surface area (TPSA) is 45.5 Å². The fourth-order valence-corrected chi connectivity index (χ4v) is 2.95. The highest BCUT2D eigenvalue weighted by molar-refractivity contribution is 9.10. The molecule has 1 aromatic rings. The van der Waals surface area contributed by atoms with Crippen molar-refractivity contribution in [3.8, 4) is 0 Å². The van der Waals surface area contributed by atoms with Crippen molar-refractivity contribution in [3.63, 3.8) is 0 Å². The summed E-state index contributed by atoms with van der Waals surface area (Å²) in [5.74, 6) is 0.0397. The molecule has 0 bridgehead atoms. The van der Waals surface area contributed by atoms with Gasteiger partial charge in [-0.1, -0.05) is 6.92 Å². The third kappa shape index (κ3) is 3.20. The smallest absolute Gasteiger partial charge is 0.270 e. The summed E-state index contributed by atoms with van der Waals surface area (Å²) < 4.78 is 2.93. The van der Waals surface area contributed by atoms with Crippen LogP contribution >= 0.6 is 15.9 Å². The predicted molar refractivity (Wildman–Crippen MR) is 78.2 cm³/mol. The summed E-state index contributed by atoms with van der Waals surface area (Å²) in [5.41, 5.74) is 0.717. The maximum atomic E-state index is 12.7. The standard InChI is InChI=1S/C14H21BrN2O2/c1-2-6-16-10-11(15)9-13(16)14(19)17(7-8-18)12-4-3-5-12/h9-10,12,18H,2-8H2,1H3. The number of rotatable bonds is 6. The number of hydrogen-bond donors (Lipinski definition) is 1. The lowest BCUT2D eigenvalue weighted by atomic mass is 9.91. The highest BCUT2D eigenvalue weighted by Gasteiger charge is 2.30. The SMILES string of the molecule is CCCn1cc(Br)cc1C(=O)N(CCO)C1CCC1. The van der Waals surface area contributed by atoms with Crippen molar-refractivity contribution in [2.24, 2.45) is 0 Å². The molecule has 1 aromatic heterocycles. The molecule has 1 amide bonds. The normalized spacial score (nSPS) is 15.3. The molecule has 1 aliphatic carbocycles. The molecule has 0 unspecified atom stereocenters. The number of halogens is 1. The van der Waals surface area contributed by atoms with Crippen LogP contribution in [0.1, 0.15) is 43.1 Å². The van der Waals surface area contributed by atoms with Crippen LogP contribution in [0.2, 0.25) is 0 Å². The second-order valence-corrected chi connectivity index (χ2v) is 5.96. The van der Waals surface area contributed by atoms with Crippen LogP contribution < -0.4 is 0 Å². The van der Waals surface area contributed by atoms with E-state index in [9.17, 15) is 4.79 Å². The maximum absolute atomic E-state index is 12.7. The molecule has 0 spiro atoms. The molecule has 0 aliphatic heterocycles. The van der Waals surface area contributed by atoms with Crippen molar-refractivity contribution in [1.82, 2.24) is 9.47 Å². The zero-order valence-electron chi connectivity index (χ0n) is 11.3. The number of hydrogen-bond acceptors (Lipinski definition) is 2. The highest BCUT2D eigenvalue weighted by Crippen LogP contribution is 2.27. The van der Waals surface area contributed by atoms with Gasteiger partial charge in [-0.2, -0.15) is 0 Å². The minimum Gasteiger partial charge on any atom is -0.395 e. The lowest BCUT2D eigenvalue weighted by Crippen LogP contribution is -2.46. The van der Waals surface area contributed by atoms with Gasteiger partial charge in [0.05, 0.1) is 6.61 Å². The van der Waals surface area contributed by atoms with Crippen LogP contribution in [0.25, 0.3) is 0 Å². The van der Waals surface area contributed by atoms with E-state index in [-0.39, 0.29) is 12.5 Å². The van der Waals surface area contributed by atoms with E-state index in [2.05, 4.69) is 22.9 Å². The summed E-state index contributed by atoms with van der Waals surface area (Å²) in [6, 6.07) is 2.18. The maximum Gasteiger partial charge on any atom is 0.270 e. The lowest BCUT2D eigenvalue weighted by molar-refractivity contribution is 0.0515. The van der Waals surface area contributed by atoms with E-state index >= 15 is 0 Å². The van der Waals surface area contributed by atoms with E-state index in [1.807, 2.05) is 21.7 Å². The zero-order valence-corrected chi connectivity index (χ0v) is 12.9. The summed E-state index contributed by atoms with van der Waals surface area (Å²) in [6.45, 7) is 3.39. The number of aliphatic hydroxyl groups is 1. The second kappa shape index (κ2) is 6.57. The second-order valence-electron chi connectivity index (χ2n) is 5.04. The third-order valence-electron chi connectivity index (χ3n) is 3.66. The average molecular weight is 329 g/mol. The average Bonchev–Trinajstić information content (AvgIpc) is 2.67. The van der Waals surface area contributed by atoms with Gasteiger partial charge in [-0.15, -0.1) is 0 Å². The molecule has 1 saturated carbocycles. The van der Waals surface area contributed by atoms with Crippen molar-refractivity contribution >= 4 is 21.8 Å². The van der Waals surface area contributed by atoms with Gasteiger partial charge in [0.1, 0.15) is 5.69 Å². The Labute approximate surface area is 122 Å². The first kappa shape index (κ1) is 14.6. The fourth-order valence-electron chi connectivity index (χ4n) is 2.48. The van der Waals surface area contributed by atoms with Crippen LogP contribution in [0.15, 0.2) is 16.7 Å². The third-order valence-corrected chi connectivity index (χ3v) is 4.10. The predicted octanol–water partition coefficient (Wildman–Crippen LogP) is 2.65. The first-order valence-corrected chi connectivity index (χ1v) is 7.74. The number of nitrogens with zero attached hydrogens (tertiary/aromatic N) is 2. The molecular weight excluding hydrogens is 308 g/mol. The first-order valence-electron chi connectivity index (χ1n) is 6.95. The van der Waals surface area contributed by atoms with E-state index < -0.39 is 0 Å². The van der Waals surface area contributed by atoms with Gasteiger partial charge in [0.2, 0.25) is 0 Å². The Kier molecular flexibility index (Phi) is 5.05. The van der Waals surface area contributed by atoms with Gasteiger partial charge < -0.3 is 14.6 Å². The van der Waals surface area contributed by atoms with Gasteiger partial charge in [0.15, 0.2) is 0 Å². The van der Waals surface area contributed by atoms with Gasteiger partial charge in [0, 0.05) is 29.8 Å². The van der Waals surface area contributed by atoms with Crippen LogP contribution in [-0.4, -0.2) is 39.7 Å². The lowest BCUT2D eigenvalue weighted by Gasteiger charge is -2.37. The summed E-state index contributed by atoms with van der Waals surface area (Å²) in [5, 5.41) is 9.17. The molecule has 106 valence electrons. The Hall–Kier alpha value is -0.810. The summed E-state index contributed by atoms with van der Waals surface area (Å²) >= 11 is 3.44.